The fraction of sp³-hybridized carbons (Fsp3) is 0.136. The van der Waals surface area contributed by atoms with E-state index < -0.39 is 17.7 Å². The number of aliphatic hydroxyl groups excluding tert-OH is 1. The van der Waals surface area contributed by atoms with Crippen LogP contribution in [0.4, 0.5) is 5.13 Å². The Morgan fingerprint density at radius 1 is 1.13 bits per heavy atom. The third kappa shape index (κ3) is 3.49. The maximum Gasteiger partial charge on any atom is 0.301 e. The molecule has 2 N–H and O–H groups in total. The van der Waals surface area contributed by atoms with Crippen LogP contribution in [0, 0.1) is 0 Å². The van der Waals surface area contributed by atoms with E-state index in [-0.39, 0.29) is 22.8 Å². The molecule has 4 rings (SSSR count). The molecule has 1 saturated heterocycles. The van der Waals surface area contributed by atoms with Crippen molar-refractivity contribution in [1.82, 2.24) is 4.98 Å². The molecule has 1 aliphatic heterocycles. The van der Waals surface area contributed by atoms with Crippen LogP contribution in [0.25, 0.3) is 5.76 Å². The maximum absolute atomic E-state index is 13.0. The number of aromatic nitrogens is 1. The number of phenols is 1. The Morgan fingerprint density at radius 2 is 1.94 bits per heavy atom. The summed E-state index contributed by atoms with van der Waals surface area (Å²) in [4.78, 5) is 31.4. The molecule has 2 aromatic carbocycles. The summed E-state index contributed by atoms with van der Waals surface area (Å²) in [7, 11) is 2.89. The Kier molecular flexibility index (Phi) is 5.35. The Balaban J connectivity index is 1.95. The molecule has 9 heteroatoms. The van der Waals surface area contributed by atoms with Gasteiger partial charge in [0.2, 0.25) is 0 Å². The highest BCUT2D eigenvalue weighted by Gasteiger charge is 2.48. The van der Waals surface area contributed by atoms with Gasteiger partial charge in [-0.1, -0.05) is 18.2 Å². The fourth-order valence-electron chi connectivity index (χ4n) is 3.47. The molecule has 1 aliphatic rings. The van der Waals surface area contributed by atoms with Gasteiger partial charge in [0.1, 0.15) is 11.5 Å². The van der Waals surface area contributed by atoms with Crippen LogP contribution in [0.2, 0.25) is 0 Å². The molecule has 0 aliphatic carbocycles. The molecule has 1 aromatic heterocycles. The predicted octanol–water partition coefficient (Wildman–Crippen LogP) is 3.49. The molecule has 1 fully saturated rings. The zero-order chi connectivity index (χ0) is 22.1. The molecule has 1 unspecified atom stereocenters. The van der Waals surface area contributed by atoms with Crippen LogP contribution >= 0.6 is 11.3 Å². The quantitative estimate of drug-likeness (QED) is 0.356. The number of phenolic OH excluding ortho intramolecular Hbond substituents is 1. The number of ether oxygens (including phenoxy) is 2. The van der Waals surface area contributed by atoms with Crippen LogP contribution in [0.1, 0.15) is 17.2 Å². The fourth-order valence-corrected chi connectivity index (χ4v) is 4.14. The van der Waals surface area contributed by atoms with Gasteiger partial charge >= 0.3 is 5.91 Å². The predicted molar refractivity (Wildman–Crippen MR) is 115 cm³/mol. The molecule has 31 heavy (non-hydrogen) atoms. The Morgan fingerprint density at radius 3 is 2.61 bits per heavy atom. The highest BCUT2D eigenvalue weighted by molar-refractivity contribution is 7.14. The van der Waals surface area contributed by atoms with E-state index in [0.29, 0.717) is 22.0 Å². The van der Waals surface area contributed by atoms with Crippen LogP contribution in [0.5, 0.6) is 17.2 Å². The first-order chi connectivity index (χ1) is 15.0. The zero-order valence-corrected chi connectivity index (χ0v) is 17.4. The number of amides is 1. The lowest BCUT2D eigenvalue weighted by Gasteiger charge is -2.23. The van der Waals surface area contributed by atoms with E-state index in [4.69, 9.17) is 9.47 Å². The van der Waals surface area contributed by atoms with Crippen molar-refractivity contribution in [3.8, 4) is 17.2 Å². The molecule has 0 spiro atoms. The third-order valence-corrected chi connectivity index (χ3v) is 5.70. The van der Waals surface area contributed by atoms with Crippen LogP contribution in [0.3, 0.4) is 0 Å². The second kappa shape index (κ2) is 8.11. The lowest BCUT2D eigenvalue weighted by Crippen LogP contribution is -2.29. The van der Waals surface area contributed by atoms with E-state index in [0.717, 1.165) is 0 Å². The van der Waals surface area contributed by atoms with Crippen molar-refractivity contribution in [3.63, 3.8) is 0 Å². The number of hydrogen-bond donors (Lipinski definition) is 2. The van der Waals surface area contributed by atoms with E-state index in [1.54, 1.807) is 35.7 Å². The van der Waals surface area contributed by atoms with Gasteiger partial charge in [-0.15, -0.1) is 11.3 Å². The number of carbonyl (C=O) groups is 2. The summed E-state index contributed by atoms with van der Waals surface area (Å²) in [5.41, 5.74) is 0.696. The molecule has 2 heterocycles. The second-order valence-corrected chi connectivity index (χ2v) is 7.52. The van der Waals surface area contributed by atoms with E-state index in [9.17, 15) is 19.8 Å². The van der Waals surface area contributed by atoms with E-state index >= 15 is 0 Å². The lowest BCUT2D eigenvalue weighted by molar-refractivity contribution is -0.132. The number of rotatable bonds is 5. The molecule has 0 bridgehead atoms. The van der Waals surface area contributed by atoms with Crippen LogP contribution in [-0.4, -0.2) is 41.1 Å². The van der Waals surface area contributed by atoms with Gasteiger partial charge in [-0.25, -0.2) is 4.98 Å². The normalized spacial score (nSPS) is 17.7. The van der Waals surface area contributed by atoms with Crippen molar-refractivity contribution in [1.29, 1.82) is 0 Å². The largest absolute Gasteiger partial charge is 0.507 e. The molecular weight excluding hydrogens is 420 g/mol. The van der Waals surface area contributed by atoms with Crippen LogP contribution < -0.4 is 14.4 Å². The molecular formula is C22H18N2O6S. The molecule has 0 saturated carbocycles. The highest BCUT2D eigenvalue weighted by Crippen LogP contribution is 2.44. The van der Waals surface area contributed by atoms with Crippen LogP contribution in [0.15, 0.2) is 59.6 Å². The number of benzene rings is 2. The Hall–Kier alpha value is -3.85. The van der Waals surface area contributed by atoms with Gasteiger partial charge in [-0.2, -0.15) is 0 Å². The standard InChI is InChI=1S/C22H18N2O6S/c1-29-14-5-3-4-13(10-14)19(26)17-18(12-6-7-15(25)16(11-12)30-2)24(21(28)20(17)27)22-23-8-9-31-22/h3-11,18,25-26H,1-2H3. The minimum Gasteiger partial charge on any atom is -0.507 e. The molecule has 0 radical (unpaired) electrons. The average molecular weight is 438 g/mol. The smallest absolute Gasteiger partial charge is 0.301 e. The van der Waals surface area contributed by atoms with E-state index in [2.05, 4.69) is 4.98 Å². The number of anilines is 1. The topological polar surface area (TPSA) is 109 Å². The summed E-state index contributed by atoms with van der Waals surface area (Å²) in [6.45, 7) is 0. The van der Waals surface area contributed by atoms with Gasteiger partial charge < -0.3 is 19.7 Å². The SMILES string of the molecule is COc1cccc(C(O)=C2C(=O)C(=O)N(c3nccs3)C2c2ccc(O)c(OC)c2)c1. The number of aliphatic hydroxyl groups is 1. The number of thiazole rings is 1. The number of nitrogens with zero attached hydrogens (tertiary/aromatic N) is 2. The molecule has 158 valence electrons. The lowest BCUT2D eigenvalue weighted by atomic mass is 9.95. The number of Topliss-reactive ketones (excluding diaryl/α,β-unsaturated/α-hetero) is 1. The van der Waals surface area contributed by atoms with Crippen molar-refractivity contribution in [2.24, 2.45) is 0 Å². The minimum absolute atomic E-state index is 0.0924. The number of methoxy groups -OCH3 is 2. The van der Waals surface area contributed by atoms with Gasteiger partial charge in [-0.05, 0) is 29.8 Å². The van der Waals surface area contributed by atoms with Gasteiger partial charge in [0, 0.05) is 17.1 Å². The van der Waals surface area contributed by atoms with Crippen molar-refractivity contribution in [3.05, 3.63) is 70.7 Å². The minimum atomic E-state index is -0.966. The van der Waals surface area contributed by atoms with E-state index in [1.807, 2.05) is 0 Å². The van der Waals surface area contributed by atoms with Crippen molar-refractivity contribution in [2.45, 2.75) is 6.04 Å². The molecule has 8 nitrogen and oxygen atoms in total. The summed E-state index contributed by atoms with van der Waals surface area (Å²) < 4.78 is 10.4. The summed E-state index contributed by atoms with van der Waals surface area (Å²) in [5.74, 6) is -1.42. The monoisotopic (exact) mass is 438 g/mol. The van der Waals surface area contributed by atoms with Gasteiger partial charge in [0.25, 0.3) is 5.78 Å². The van der Waals surface area contributed by atoms with Gasteiger partial charge in [-0.3, -0.25) is 14.5 Å². The first-order valence-electron chi connectivity index (χ1n) is 9.18. The van der Waals surface area contributed by atoms with Gasteiger partial charge in [0.05, 0.1) is 25.8 Å². The summed E-state index contributed by atoms with van der Waals surface area (Å²) in [5, 5.41) is 23.1. The maximum atomic E-state index is 13.0. The second-order valence-electron chi connectivity index (χ2n) is 6.65. The number of aromatic hydroxyl groups is 1. The van der Waals surface area contributed by atoms with Crippen molar-refractivity contribution in [2.75, 3.05) is 19.1 Å². The number of carbonyl (C=O) groups excluding carboxylic acids is 2. The summed E-state index contributed by atoms with van der Waals surface area (Å²) >= 11 is 1.19. The first kappa shape index (κ1) is 20.4. The summed E-state index contributed by atoms with van der Waals surface area (Å²) in [6.07, 6.45) is 1.52. The van der Waals surface area contributed by atoms with Crippen LogP contribution in [-0.2, 0) is 9.59 Å². The zero-order valence-electron chi connectivity index (χ0n) is 16.6. The Labute approximate surface area is 181 Å². The van der Waals surface area contributed by atoms with Crippen molar-refractivity contribution < 1.29 is 29.3 Å². The first-order valence-corrected chi connectivity index (χ1v) is 10.1. The third-order valence-electron chi connectivity index (χ3n) is 4.93. The number of ketones is 1. The molecule has 1 atom stereocenters. The highest BCUT2D eigenvalue weighted by atomic mass is 32.1. The Bertz CT molecular complexity index is 1190. The summed E-state index contributed by atoms with van der Waals surface area (Å²) in [6, 6.07) is 10.1. The number of hydrogen-bond acceptors (Lipinski definition) is 8. The molecule has 1 amide bonds. The average Bonchev–Trinajstić information content (AvgIpc) is 3.40. The van der Waals surface area contributed by atoms with Gasteiger partial charge in [0.15, 0.2) is 16.6 Å². The van der Waals surface area contributed by atoms with E-state index in [1.165, 1.54) is 48.8 Å². The molecule has 3 aromatic rings. The van der Waals surface area contributed by atoms with Crippen molar-refractivity contribution >= 4 is 33.9 Å².